The maximum Gasteiger partial charge on any atom is 0.224 e. The second-order valence-electron chi connectivity index (χ2n) is 12.9. The summed E-state index contributed by atoms with van der Waals surface area (Å²) in [6.07, 6.45) is 6.65. The lowest BCUT2D eigenvalue weighted by molar-refractivity contribution is -0.138. The summed E-state index contributed by atoms with van der Waals surface area (Å²) in [5, 5.41) is 5.45. The zero-order valence-electron chi connectivity index (χ0n) is 26.1. The Morgan fingerprint density at radius 1 is 1.05 bits per heavy atom. The monoisotopic (exact) mass is 571 g/mol. The summed E-state index contributed by atoms with van der Waals surface area (Å²) in [5.74, 6) is -0.242. The van der Waals surface area contributed by atoms with Gasteiger partial charge in [-0.1, -0.05) is 102 Å². The number of hydrogen-bond donors (Lipinski definition) is 1. The molecule has 0 spiro atoms. The molecule has 218 valence electrons. The molecule has 39 heavy (non-hydrogen) atoms. The van der Waals surface area contributed by atoms with Gasteiger partial charge in [0.1, 0.15) is 5.78 Å². The molecule has 3 nitrogen and oxygen atoms in total. The van der Waals surface area contributed by atoms with Crippen LogP contribution in [0.5, 0.6) is 0 Å². The third-order valence-electron chi connectivity index (χ3n) is 8.12. The molecule has 0 aliphatic heterocycles. The Hall–Kier alpha value is -1.38. The van der Waals surface area contributed by atoms with Gasteiger partial charge in [-0.05, 0) is 80.0 Å². The number of allylic oxidation sites excluding steroid dienone is 2. The molecule has 1 aromatic carbocycles. The van der Waals surface area contributed by atoms with Gasteiger partial charge in [0, 0.05) is 29.2 Å². The van der Waals surface area contributed by atoms with Gasteiger partial charge in [-0.2, -0.15) is 0 Å². The van der Waals surface area contributed by atoms with Crippen molar-refractivity contribution in [3.8, 4) is 0 Å². The number of hydrogen-bond acceptors (Lipinski definition) is 3. The molecule has 0 bridgehead atoms. The first-order chi connectivity index (χ1) is 18.3. The highest BCUT2D eigenvalue weighted by Gasteiger charge is 2.55. The third kappa shape index (κ3) is 9.60. The van der Waals surface area contributed by atoms with Gasteiger partial charge in [0.2, 0.25) is 5.91 Å². The van der Waals surface area contributed by atoms with Crippen LogP contribution in [0.4, 0.5) is 0 Å². The highest BCUT2D eigenvalue weighted by molar-refractivity contribution is 8.11. The minimum atomic E-state index is -0.277. The van der Waals surface area contributed by atoms with Crippen molar-refractivity contribution in [3.63, 3.8) is 0 Å². The molecular formula is C34H54NO2PS. The van der Waals surface area contributed by atoms with Crippen molar-refractivity contribution in [1.82, 2.24) is 5.32 Å². The number of rotatable bonds is 15. The molecule has 5 heteroatoms. The number of thioether (sulfide) groups is 1. The molecule has 1 aliphatic carbocycles. The number of carbonyl (C=O) groups is 2. The van der Waals surface area contributed by atoms with Crippen molar-refractivity contribution in [3.05, 3.63) is 51.9 Å². The molecule has 1 saturated carbocycles. The molecule has 4 unspecified atom stereocenters. The Kier molecular flexibility index (Phi) is 13.0. The minimum Gasteiger partial charge on any atom is -0.352 e. The number of nitrogens with one attached hydrogen (secondary N) is 1. The maximum atomic E-state index is 14.1. The van der Waals surface area contributed by atoms with Crippen LogP contribution in [0.15, 0.2) is 40.8 Å². The van der Waals surface area contributed by atoms with Gasteiger partial charge in [-0.3, -0.25) is 9.59 Å². The summed E-state index contributed by atoms with van der Waals surface area (Å²) in [4.78, 5) is 29.0. The van der Waals surface area contributed by atoms with Gasteiger partial charge in [-0.15, -0.1) is 9.24 Å². The van der Waals surface area contributed by atoms with E-state index < -0.39 is 0 Å². The van der Waals surface area contributed by atoms with Crippen LogP contribution in [-0.4, -0.2) is 16.8 Å². The number of amides is 1. The Labute approximate surface area is 246 Å². The van der Waals surface area contributed by atoms with Gasteiger partial charge in [-0.25, -0.2) is 0 Å². The average Bonchev–Trinajstić information content (AvgIpc) is 3.61. The summed E-state index contributed by atoms with van der Waals surface area (Å²) in [5.41, 5.74) is 4.82. The lowest BCUT2D eigenvalue weighted by atomic mass is 9.68. The standard InChI is InChI=1S/C34H54NO2PS/c1-10-13-14-28(27(12-3)29(36)31(33(7,8)9)34(38)19-20-34)32(37)35-21-25-15-17-26(18-16-25)30(23(4)5)39-22-24(6)11-2/h15-18,22,27-28,31H,10-14,19-21,38H2,1-9H3,(H,35,37)/b24-22+. The van der Waals surface area contributed by atoms with Crippen LogP contribution in [0.2, 0.25) is 0 Å². The Morgan fingerprint density at radius 3 is 2.13 bits per heavy atom. The van der Waals surface area contributed by atoms with Crippen LogP contribution < -0.4 is 5.32 Å². The van der Waals surface area contributed by atoms with Gasteiger partial charge < -0.3 is 5.32 Å². The first-order valence-electron chi connectivity index (χ1n) is 15.0. The smallest absolute Gasteiger partial charge is 0.224 e. The minimum absolute atomic E-state index is 0.00371. The predicted octanol–water partition coefficient (Wildman–Crippen LogP) is 9.57. The molecule has 0 heterocycles. The quantitative estimate of drug-likeness (QED) is 0.213. The van der Waals surface area contributed by atoms with Crippen LogP contribution in [-0.2, 0) is 16.1 Å². The lowest BCUT2D eigenvalue weighted by Gasteiger charge is -2.38. The van der Waals surface area contributed by atoms with Crippen molar-refractivity contribution < 1.29 is 9.59 Å². The Balaban J connectivity index is 2.18. The lowest BCUT2D eigenvalue weighted by Crippen LogP contribution is -2.45. The van der Waals surface area contributed by atoms with E-state index >= 15 is 0 Å². The maximum absolute atomic E-state index is 14.1. The van der Waals surface area contributed by atoms with Crippen LogP contribution in [0.1, 0.15) is 118 Å². The number of ketones is 1. The summed E-state index contributed by atoms with van der Waals surface area (Å²) in [7, 11) is 2.99. The first kappa shape index (κ1) is 33.8. The fraction of sp³-hybridized carbons (Fsp3) is 0.647. The van der Waals surface area contributed by atoms with Crippen LogP contribution >= 0.6 is 21.0 Å². The zero-order chi connectivity index (χ0) is 29.4. The van der Waals surface area contributed by atoms with Crippen molar-refractivity contribution in [2.75, 3.05) is 0 Å². The van der Waals surface area contributed by atoms with E-state index in [2.05, 4.69) is 107 Å². The van der Waals surface area contributed by atoms with Crippen molar-refractivity contribution >= 4 is 37.6 Å². The second-order valence-corrected chi connectivity index (χ2v) is 14.9. The molecule has 4 atom stereocenters. The molecule has 1 amide bonds. The van der Waals surface area contributed by atoms with Gasteiger partial charge in [0.15, 0.2) is 0 Å². The number of carbonyl (C=O) groups excluding carboxylic acids is 2. The van der Waals surface area contributed by atoms with Crippen LogP contribution in [0, 0.1) is 23.2 Å². The fourth-order valence-electron chi connectivity index (χ4n) is 5.65. The molecule has 1 fully saturated rings. The van der Waals surface area contributed by atoms with E-state index in [-0.39, 0.29) is 40.0 Å². The van der Waals surface area contributed by atoms with Crippen LogP contribution in [0.3, 0.4) is 0 Å². The molecule has 1 aromatic rings. The number of unbranched alkanes of at least 4 members (excludes halogenated alkanes) is 1. The largest absolute Gasteiger partial charge is 0.352 e. The SMILES string of the molecule is CCCCC(C(=O)NCc1ccc(C(S/C=C(\C)CC)=C(C)C)cc1)C(CC)C(=O)C(C(C)(C)C)C1(P)CC1. The zero-order valence-corrected chi connectivity index (χ0v) is 28.0. The van der Waals surface area contributed by atoms with Gasteiger partial charge in [0.25, 0.3) is 0 Å². The third-order valence-corrected chi connectivity index (χ3v) is 10.4. The van der Waals surface area contributed by atoms with E-state index in [0.717, 1.165) is 44.1 Å². The second kappa shape index (κ2) is 15.0. The molecule has 0 radical (unpaired) electrons. The van der Waals surface area contributed by atoms with E-state index in [4.69, 9.17) is 0 Å². The molecule has 2 rings (SSSR count). The van der Waals surface area contributed by atoms with Crippen LogP contribution in [0.25, 0.3) is 4.91 Å². The molecule has 1 N–H and O–H groups in total. The Morgan fingerprint density at radius 2 is 1.67 bits per heavy atom. The van der Waals surface area contributed by atoms with E-state index in [1.807, 2.05) is 0 Å². The predicted molar refractivity (Wildman–Crippen MR) is 175 cm³/mol. The Bertz CT molecular complexity index is 1020. The van der Waals surface area contributed by atoms with E-state index in [0.29, 0.717) is 13.0 Å². The van der Waals surface area contributed by atoms with Gasteiger partial charge >= 0.3 is 0 Å². The normalized spacial score (nSPS) is 17.2. The summed E-state index contributed by atoms with van der Waals surface area (Å²) in [6, 6.07) is 8.53. The number of Topliss-reactive ketones (excluding diaryl/α,β-unsaturated/α-hetero) is 1. The van der Waals surface area contributed by atoms with E-state index in [1.165, 1.54) is 21.6 Å². The molecular weight excluding hydrogens is 517 g/mol. The van der Waals surface area contributed by atoms with E-state index in [1.54, 1.807) is 11.8 Å². The highest BCUT2D eigenvalue weighted by Crippen LogP contribution is 2.57. The molecule has 0 saturated heterocycles. The summed E-state index contributed by atoms with van der Waals surface area (Å²) >= 11 is 1.78. The number of benzene rings is 1. The van der Waals surface area contributed by atoms with Crippen molar-refractivity contribution in [2.24, 2.45) is 23.2 Å². The van der Waals surface area contributed by atoms with Crippen molar-refractivity contribution in [2.45, 2.75) is 119 Å². The average molecular weight is 572 g/mol. The first-order valence-corrected chi connectivity index (χ1v) is 16.4. The van der Waals surface area contributed by atoms with Crippen molar-refractivity contribution in [1.29, 1.82) is 0 Å². The van der Waals surface area contributed by atoms with E-state index in [9.17, 15) is 9.59 Å². The topological polar surface area (TPSA) is 46.2 Å². The molecule has 0 aromatic heterocycles. The summed E-state index contributed by atoms with van der Waals surface area (Å²) in [6.45, 7) is 19.9. The van der Waals surface area contributed by atoms with Gasteiger partial charge in [0.05, 0.1) is 0 Å². The molecule has 1 aliphatic rings. The fourth-order valence-corrected chi connectivity index (χ4v) is 7.46. The summed E-state index contributed by atoms with van der Waals surface area (Å²) < 4.78 is 0. The highest BCUT2D eigenvalue weighted by atomic mass is 32.2.